The third kappa shape index (κ3) is 2.46. The van der Waals surface area contributed by atoms with Crippen LogP contribution in [0.3, 0.4) is 0 Å². The Morgan fingerprint density at radius 1 is 1.04 bits per heavy atom. The smallest absolute Gasteiger partial charge is 0.453 e. The van der Waals surface area contributed by atoms with Crippen LogP contribution in [0.25, 0.3) is 5.76 Å². The van der Waals surface area contributed by atoms with Crippen LogP contribution >= 0.6 is 7.82 Å². The Bertz CT molecular complexity index is 835. The van der Waals surface area contributed by atoms with Crippen molar-refractivity contribution in [1.82, 2.24) is 0 Å². The molecule has 1 saturated heterocycles. The first-order valence-corrected chi connectivity index (χ1v) is 8.49. The Hall–Kier alpha value is -2.11. The van der Waals surface area contributed by atoms with E-state index in [4.69, 9.17) is 14.0 Å². The van der Waals surface area contributed by atoms with Gasteiger partial charge in [-0.1, -0.05) is 48.5 Å². The van der Waals surface area contributed by atoms with Gasteiger partial charge in [-0.25, -0.2) is 4.57 Å². The van der Waals surface area contributed by atoms with Crippen LogP contribution in [0.15, 0.2) is 60.4 Å². The number of hydrogen-bond donors (Lipinski definition) is 2. The number of fused-ring (bicyclic) bond motifs is 2. The van der Waals surface area contributed by atoms with Crippen LogP contribution in [-0.2, 0) is 19.4 Å². The van der Waals surface area contributed by atoms with Crippen LogP contribution in [0.4, 0.5) is 0 Å². The predicted molar refractivity (Wildman–Crippen MR) is 81.2 cm³/mol. The van der Waals surface area contributed by atoms with E-state index in [0.29, 0.717) is 16.9 Å². The molecule has 0 aromatic heterocycles. The van der Waals surface area contributed by atoms with Crippen molar-refractivity contribution in [3.63, 3.8) is 0 Å². The molecule has 2 aliphatic heterocycles. The van der Waals surface area contributed by atoms with Gasteiger partial charge in [-0.2, -0.15) is 0 Å². The van der Waals surface area contributed by atoms with Gasteiger partial charge in [0.2, 0.25) is 0 Å². The second-order valence-electron chi connectivity index (χ2n) is 5.32. The van der Waals surface area contributed by atoms with Gasteiger partial charge < -0.3 is 14.0 Å². The van der Waals surface area contributed by atoms with E-state index in [9.17, 15) is 14.4 Å². The maximum Gasteiger partial charge on any atom is 0.524 e. The molecule has 0 saturated carbocycles. The van der Waals surface area contributed by atoms with Crippen LogP contribution in [-0.4, -0.2) is 16.4 Å². The number of ether oxygens (including phenoxy) is 2. The Balaban J connectivity index is 1.93. The highest BCUT2D eigenvalue weighted by Gasteiger charge is 2.59. The van der Waals surface area contributed by atoms with E-state index in [2.05, 4.69) is 0 Å². The van der Waals surface area contributed by atoms with Crippen molar-refractivity contribution >= 4 is 13.6 Å². The van der Waals surface area contributed by atoms with Crippen LogP contribution in [0, 0.1) is 0 Å². The molecule has 0 amide bonds. The summed E-state index contributed by atoms with van der Waals surface area (Å²) in [5, 5.41) is 0. The van der Waals surface area contributed by atoms with Gasteiger partial charge in [-0.15, -0.1) is 0 Å². The van der Waals surface area contributed by atoms with Crippen molar-refractivity contribution in [1.29, 1.82) is 0 Å². The van der Waals surface area contributed by atoms with Crippen molar-refractivity contribution in [3.8, 4) is 5.75 Å². The predicted octanol–water partition coefficient (Wildman–Crippen LogP) is 2.78. The molecule has 2 aliphatic rings. The zero-order chi connectivity index (χ0) is 16.1. The fourth-order valence-electron chi connectivity index (χ4n) is 2.72. The summed E-state index contributed by atoms with van der Waals surface area (Å²) >= 11 is 0. The minimum atomic E-state index is -4.76. The van der Waals surface area contributed by atoms with Crippen molar-refractivity contribution in [3.05, 3.63) is 71.5 Å². The van der Waals surface area contributed by atoms with E-state index in [1.54, 1.807) is 24.3 Å². The molecule has 4 rings (SSSR count). The average Bonchev–Trinajstić information content (AvgIpc) is 3.32. The molecule has 23 heavy (non-hydrogen) atoms. The fourth-order valence-corrected chi connectivity index (χ4v) is 3.19. The lowest BCUT2D eigenvalue weighted by Gasteiger charge is -2.28. The quantitative estimate of drug-likeness (QED) is 0.664. The zero-order valence-electron chi connectivity index (χ0n) is 11.9. The molecule has 0 aliphatic carbocycles. The molecule has 2 heterocycles. The van der Waals surface area contributed by atoms with E-state index in [1.807, 2.05) is 30.3 Å². The molecule has 118 valence electrons. The van der Waals surface area contributed by atoms with Gasteiger partial charge >= 0.3 is 7.82 Å². The number of rotatable bonds is 3. The van der Waals surface area contributed by atoms with E-state index in [-0.39, 0.29) is 18.1 Å². The maximum absolute atomic E-state index is 11.4. The SMILES string of the molecule is O=P(O)(O)OC1=C(c2ccccc2)Oc2ccccc2C12CO2. The van der Waals surface area contributed by atoms with Crippen molar-refractivity contribution in [2.24, 2.45) is 0 Å². The molecule has 0 bridgehead atoms. The van der Waals surface area contributed by atoms with E-state index in [0.717, 1.165) is 0 Å². The summed E-state index contributed by atoms with van der Waals surface area (Å²) in [7, 11) is -4.76. The highest BCUT2D eigenvalue weighted by molar-refractivity contribution is 7.46. The zero-order valence-corrected chi connectivity index (χ0v) is 12.8. The highest BCUT2D eigenvalue weighted by Crippen LogP contribution is 2.58. The molecule has 1 fully saturated rings. The minimum Gasteiger partial charge on any atom is -0.453 e. The summed E-state index contributed by atoms with van der Waals surface area (Å²) in [6.45, 7) is 0.277. The molecular weight excluding hydrogens is 319 g/mol. The van der Waals surface area contributed by atoms with Crippen molar-refractivity contribution < 1.29 is 28.3 Å². The number of para-hydroxylation sites is 1. The lowest BCUT2D eigenvalue weighted by Crippen LogP contribution is -2.23. The maximum atomic E-state index is 11.4. The molecule has 2 N–H and O–H groups in total. The molecule has 1 spiro atoms. The third-order valence-corrected chi connectivity index (χ3v) is 4.21. The molecule has 1 unspecified atom stereocenters. The topological polar surface area (TPSA) is 88.5 Å². The minimum absolute atomic E-state index is 0.00994. The first-order chi connectivity index (χ1) is 11.0. The Labute approximate surface area is 132 Å². The Kier molecular flexibility index (Phi) is 3.11. The molecule has 0 radical (unpaired) electrons. The number of benzene rings is 2. The van der Waals surface area contributed by atoms with E-state index >= 15 is 0 Å². The first kappa shape index (κ1) is 14.5. The number of phosphoric ester groups is 1. The first-order valence-electron chi connectivity index (χ1n) is 6.96. The molecule has 2 aromatic carbocycles. The summed E-state index contributed by atoms with van der Waals surface area (Å²) in [5.41, 5.74) is 0.352. The molecule has 2 aromatic rings. The van der Waals surface area contributed by atoms with Crippen molar-refractivity contribution in [2.75, 3.05) is 6.61 Å². The molecule has 7 heteroatoms. The van der Waals surface area contributed by atoms with Gasteiger partial charge in [-0.3, -0.25) is 9.79 Å². The summed E-state index contributed by atoms with van der Waals surface area (Å²) in [5.74, 6) is 0.850. The van der Waals surface area contributed by atoms with Gasteiger partial charge in [0.25, 0.3) is 0 Å². The fraction of sp³-hybridized carbons (Fsp3) is 0.125. The number of phosphoric acid groups is 1. The Morgan fingerprint density at radius 2 is 1.70 bits per heavy atom. The number of epoxide rings is 1. The van der Waals surface area contributed by atoms with Gasteiger partial charge in [0.1, 0.15) is 5.75 Å². The lowest BCUT2D eigenvalue weighted by molar-refractivity contribution is 0.186. The molecular formula is C16H13O6P. The summed E-state index contributed by atoms with van der Waals surface area (Å²) in [6.07, 6.45) is 0. The largest absolute Gasteiger partial charge is 0.524 e. The Morgan fingerprint density at radius 3 is 2.35 bits per heavy atom. The van der Waals surface area contributed by atoms with Gasteiger partial charge in [0.05, 0.1) is 6.61 Å². The van der Waals surface area contributed by atoms with Crippen LogP contribution < -0.4 is 4.74 Å². The van der Waals surface area contributed by atoms with Gasteiger partial charge in [0, 0.05) is 11.1 Å². The third-order valence-electron chi connectivity index (χ3n) is 3.79. The van der Waals surface area contributed by atoms with E-state index in [1.165, 1.54) is 0 Å². The lowest BCUT2D eigenvalue weighted by atomic mass is 9.92. The van der Waals surface area contributed by atoms with Crippen molar-refractivity contribution in [2.45, 2.75) is 5.60 Å². The van der Waals surface area contributed by atoms with Crippen LogP contribution in [0.1, 0.15) is 11.1 Å². The average molecular weight is 332 g/mol. The molecule has 6 nitrogen and oxygen atoms in total. The van der Waals surface area contributed by atoms with Crippen LogP contribution in [0.5, 0.6) is 5.75 Å². The standard InChI is InChI=1S/C16H13O6P/c17-23(18,19)22-15-14(11-6-2-1-3-7-11)21-13-9-5-4-8-12(13)16(15)10-20-16/h1-9H,10H2,(H2,17,18,19). The normalized spacial score (nSPS) is 22.5. The number of hydrogen-bond acceptors (Lipinski definition) is 4. The van der Waals surface area contributed by atoms with E-state index < -0.39 is 13.4 Å². The summed E-state index contributed by atoms with van der Waals surface area (Å²) in [6, 6.07) is 16.2. The highest BCUT2D eigenvalue weighted by atomic mass is 31.2. The summed E-state index contributed by atoms with van der Waals surface area (Å²) < 4.78 is 27.9. The van der Waals surface area contributed by atoms with Gasteiger partial charge in [-0.05, 0) is 6.07 Å². The molecule has 1 atom stereocenters. The van der Waals surface area contributed by atoms with Gasteiger partial charge in [0.15, 0.2) is 17.1 Å². The monoisotopic (exact) mass is 332 g/mol. The second kappa shape index (κ2) is 4.94. The second-order valence-corrected chi connectivity index (χ2v) is 6.48. The van der Waals surface area contributed by atoms with Crippen LogP contribution in [0.2, 0.25) is 0 Å². The summed E-state index contributed by atoms with van der Waals surface area (Å²) in [4.78, 5) is 18.6.